The van der Waals surface area contributed by atoms with Crippen molar-refractivity contribution in [1.82, 2.24) is 15.0 Å². The van der Waals surface area contributed by atoms with Gasteiger partial charge in [0, 0.05) is 24.6 Å². The smallest absolute Gasteiger partial charge is 0.416 e. The zero-order chi connectivity index (χ0) is 20.5. The minimum absolute atomic E-state index is 0.00807. The summed E-state index contributed by atoms with van der Waals surface area (Å²) in [7, 11) is 1.22. The first-order chi connectivity index (χ1) is 13.2. The lowest BCUT2D eigenvalue weighted by Gasteiger charge is -2.12. The van der Waals surface area contributed by atoms with Crippen LogP contribution < -0.4 is 5.32 Å². The number of carbonyl (C=O) groups excluding carboxylic acids is 1. The van der Waals surface area contributed by atoms with Gasteiger partial charge in [0.15, 0.2) is 5.69 Å². The van der Waals surface area contributed by atoms with E-state index in [1.807, 2.05) is 0 Å². The lowest BCUT2D eigenvalue weighted by molar-refractivity contribution is -0.137. The number of nitrogens with zero attached hydrogens (tertiary/aromatic N) is 3. The quantitative estimate of drug-likeness (QED) is 0.532. The molecule has 1 saturated carbocycles. The number of hydrogen-bond acceptors (Lipinski definition) is 6. The summed E-state index contributed by atoms with van der Waals surface area (Å²) in [4.78, 5) is 24.3. The van der Waals surface area contributed by atoms with Crippen molar-refractivity contribution in [3.63, 3.8) is 0 Å². The third-order valence-electron chi connectivity index (χ3n) is 4.04. The Kier molecular flexibility index (Phi) is 5.95. The van der Waals surface area contributed by atoms with Crippen LogP contribution in [0.5, 0.6) is 0 Å². The average Bonchev–Trinajstić information content (AvgIpc) is 3.46. The van der Waals surface area contributed by atoms with Crippen LogP contribution >= 0.6 is 23.2 Å². The molecule has 3 rings (SSSR count). The molecule has 2 aromatic rings. The Morgan fingerprint density at radius 3 is 2.57 bits per heavy atom. The maximum atomic E-state index is 12.9. The largest absolute Gasteiger partial charge is 0.464 e. The van der Waals surface area contributed by atoms with E-state index in [1.165, 1.54) is 7.11 Å². The van der Waals surface area contributed by atoms with Gasteiger partial charge in [0.25, 0.3) is 0 Å². The van der Waals surface area contributed by atoms with Gasteiger partial charge in [-0.1, -0.05) is 23.2 Å². The second-order valence-corrected chi connectivity index (χ2v) is 6.97. The van der Waals surface area contributed by atoms with E-state index in [4.69, 9.17) is 23.2 Å². The Bertz CT molecular complexity index is 905. The first kappa shape index (κ1) is 20.6. The summed E-state index contributed by atoms with van der Waals surface area (Å²) in [5.41, 5.74) is -0.761. The molecular weight excluding hydrogens is 420 g/mol. The molecule has 1 N–H and O–H groups in total. The number of ether oxygens (including phenoxy) is 1. The van der Waals surface area contributed by atoms with Crippen LogP contribution in [-0.4, -0.2) is 34.6 Å². The van der Waals surface area contributed by atoms with Crippen LogP contribution in [0.2, 0.25) is 10.2 Å². The van der Waals surface area contributed by atoms with Gasteiger partial charge in [-0.05, 0) is 25.0 Å². The molecule has 0 unspecified atom stereocenters. The van der Waals surface area contributed by atoms with Crippen molar-refractivity contribution in [2.45, 2.75) is 31.4 Å². The molecule has 0 aliphatic heterocycles. The normalized spacial score (nSPS) is 14.1. The van der Waals surface area contributed by atoms with Crippen LogP contribution in [0, 0.1) is 0 Å². The van der Waals surface area contributed by atoms with Crippen molar-refractivity contribution >= 4 is 35.0 Å². The fraction of sp³-hybridized carbons (Fsp3) is 0.412. The highest BCUT2D eigenvalue weighted by Gasteiger charge is 2.32. The number of pyridine rings is 1. The number of halogens is 5. The van der Waals surface area contributed by atoms with Gasteiger partial charge >= 0.3 is 12.1 Å². The maximum Gasteiger partial charge on any atom is 0.416 e. The number of rotatable bonds is 6. The minimum atomic E-state index is -4.51. The van der Waals surface area contributed by atoms with E-state index < -0.39 is 17.7 Å². The van der Waals surface area contributed by atoms with E-state index in [2.05, 4.69) is 25.0 Å². The highest BCUT2D eigenvalue weighted by molar-refractivity contribution is 6.35. The Morgan fingerprint density at radius 1 is 1.25 bits per heavy atom. The zero-order valence-corrected chi connectivity index (χ0v) is 16.1. The number of anilines is 1. The van der Waals surface area contributed by atoms with Crippen LogP contribution in [0.15, 0.2) is 12.1 Å². The van der Waals surface area contributed by atoms with Gasteiger partial charge in [-0.15, -0.1) is 0 Å². The van der Waals surface area contributed by atoms with E-state index in [-0.39, 0.29) is 46.3 Å². The van der Waals surface area contributed by atoms with Crippen molar-refractivity contribution < 1.29 is 22.7 Å². The molecule has 0 spiro atoms. The van der Waals surface area contributed by atoms with Gasteiger partial charge in [0.1, 0.15) is 21.8 Å². The fourth-order valence-corrected chi connectivity index (χ4v) is 2.94. The SMILES string of the molecule is COC(=O)c1nc(C2CC2)nc(NCCc2cc(C(F)(F)F)cc(Cl)n2)c1Cl. The number of carbonyl (C=O) groups is 1. The van der Waals surface area contributed by atoms with Crippen LogP contribution in [0.1, 0.15) is 46.3 Å². The summed E-state index contributed by atoms with van der Waals surface area (Å²) in [5, 5.41) is 2.68. The standard InChI is InChI=1S/C17H15Cl2F3N4O2/c1-28-16(27)13-12(19)15(26-14(25-13)8-2-3-8)23-5-4-10-6-9(17(20,21)22)7-11(18)24-10/h6-8H,2-5H2,1H3,(H,23,25,26). The molecule has 0 amide bonds. The summed E-state index contributed by atoms with van der Waals surface area (Å²) in [5.74, 6) is 0.165. The number of aromatic nitrogens is 3. The molecule has 0 bridgehead atoms. The first-order valence-corrected chi connectivity index (χ1v) is 9.08. The molecule has 1 aliphatic rings. The first-order valence-electron chi connectivity index (χ1n) is 8.32. The number of esters is 1. The molecule has 150 valence electrons. The summed E-state index contributed by atoms with van der Waals surface area (Å²) < 4.78 is 43.3. The Balaban J connectivity index is 1.77. The maximum absolute atomic E-state index is 12.9. The van der Waals surface area contributed by atoms with Crippen LogP contribution in [0.4, 0.5) is 19.0 Å². The summed E-state index contributed by atoms with van der Waals surface area (Å²) >= 11 is 11.9. The molecule has 1 aliphatic carbocycles. The second-order valence-electron chi connectivity index (χ2n) is 6.20. The van der Waals surface area contributed by atoms with Crippen LogP contribution in [0.3, 0.4) is 0 Å². The van der Waals surface area contributed by atoms with E-state index in [1.54, 1.807) is 0 Å². The molecule has 0 radical (unpaired) electrons. The molecule has 6 nitrogen and oxygen atoms in total. The summed E-state index contributed by atoms with van der Waals surface area (Å²) in [6, 6.07) is 1.70. The number of alkyl halides is 3. The summed E-state index contributed by atoms with van der Waals surface area (Å²) in [6.45, 7) is 0.173. The van der Waals surface area contributed by atoms with Crippen molar-refractivity contribution in [2.24, 2.45) is 0 Å². The second kappa shape index (κ2) is 8.08. The highest BCUT2D eigenvalue weighted by Crippen LogP contribution is 2.39. The highest BCUT2D eigenvalue weighted by atomic mass is 35.5. The van der Waals surface area contributed by atoms with E-state index in [9.17, 15) is 18.0 Å². The predicted molar refractivity (Wildman–Crippen MR) is 96.8 cm³/mol. The lowest BCUT2D eigenvalue weighted by Crippen LogP contribution is -2.14. The third-order valence-corrected chi connectivity index (χ3v) is 4.59. The Hall–Kier alpha value is -2.13. The molecule has 28 heavy (non-hydrogen) atoms. The molecule has 0 aromatic carbocycles. The number of hydrogen-bond donors (Lipinski definition) is 1. The molecule has 0 saturated heterocycles. The van der Waals surface area contributed by atoms with Gasteiger partial charge in [0.05, 0.1) is 12.7 Å². The molecule has 11 heteroatoms. The third kappa shape index (κ3) is 4.82. The molecule has 2 heterocycles. The van der Waals surface area contributed by atoms with Gasteiger partial charge < -0.3 is 10.1 Å². The number of methoxy groups -OCH3 is 1. The molecule has 2 aromatic heterocycles. The summed E-state index contributed by atoms with van der Waals surface area (Å²) in [6.07, 6.45) is -2.56. The molecular formula is C17H15Cl2F3N4O2. The van der Waals surface area contributed by atoms with Crippen molar-refractivity contribution in [2.75, 3.05) is 19.0 Å². The Labute approximate surface area is 168 Å². The van der Waals surface area contributed by atoms with Gasteiger partial charge in [-0.3, -0.25) is 0 Å². The monoisotopic (exact) mass is 434 g/mol. The zero-order valence-electron chi connectivity index (χ0n) is 14.6. The van der Waals surface area contributed by atoms with E-state index in [0.717, 1.165) is 25.0 Å². The van der Waals surface area contributed by atoms with E-state index >= 15 is 0 Å². The van der Waals surface area contributed by atoms with Crippen LogP contribution in [0.25, 0.3) is 0 Å². The molecule has 1 fully saturated rings. The van der Waals surface area contributed by atoms with Gasteiger partial charge in [-0.25, -0.2) is 19.7 Å². The predicted octanol–water partition coefficient (Wildman–Crippen LogP) is 4.52. The minimum Gasteiger partial charge on any atom is -0.464 e. The van der Waals surface area contributed by atoms with Crippen molar-refractivity contribution in [1.29, 1.82) is 0 Å². The van der Waals surface area contributed by atoms with Crippen molar-refractivity contribution in [3.8, 4) is 0 Å². The van der Waals surface area contributed by atoms with Gasteiger partial charge in [0.2, 0.25) is 0 Å². The lowest BCUT2D eigenvalue weighted by atomic mass is 10.2. The van der Waals surface area contributed by atoms with Gasteiger partial charge in [-0.2, -0.15) is 13.2 Å². The van der Waals surface area contributed by atoms with E-state index in [0.29, 0.717) is 5.82 Å². The van der Waals surface area contributed by atoms with Crippen LogP contribution in [-0.2, 0) is 17.3 Å². The number of nitrogens with one attached hydrogen (secondary N) is 1. The fourth-order valence-electron chi connectivity index (χ4n) is 2.49. The Morgan fingerprint density at radius 2 is 1.96 bits per heavy atom. The molecule has 0 atom stereocenters. The van der Waals surface area contributed by atoms with Crippen molar-refractivity contribution in [3.05, 3.63) is 45.1 Å². The topological polar surface area (TPSA) is 77.0 Å². The average molecular weight is 435 g/mol.